The maximum atomic E-state index is 11.4. The van der Waals surface area contributed by atoms with Crippen LogP contribution in [0.5, 0.6) is 0 Å². The first-order chi connectivity index (χ1) is 10.7. The molecule has 0 saturated heterocycles. The normalized spacial score (nSPS) is 16.8. The number of esters is 1. The molecule has 0 radical (unpaired) electrons. The minimum Gasteiger partial charge on any atom is -0.465 e. The van der Waals surface area contributed by atoms with Gasteiger partial charge in [0.1, 0.15) is 10.4 Å². The molecule has 0 aliphatic carbocycles. The van der Waals surface area contributed by atoms with Crippen LogP contribution in [0, 0.1) is 6.92 Å². The molecule has 5 heteroatoms. The van der Waals surface area contributed by atoms with Crippen LogP contribution in [0.3, 0.4) is 0 Å². The van der Waals surface area contributed by atoms with Gasteiger partial charge >= 0.3 is 5.97 Å². The van der Waals surface area contributed by atoms with Gasteiger partial charge in [-0.05, 0) is 24.6 Å². The Balaban J connectivity index is 1.71. The average molecular weight is 312 g/mol. The maximum absolute atomic E-state index is 11.4. The Morgan fingerprint density at radius 2 is 1.82 bits per heavy atom. The van der Waals surface area contributed by atoms with Gasteiger partial charge in [-0.25, -0.2) is 4.79 Å². The van der Waals surface area contributed by atoms with Gasteiger partial charge in [-0.3, -0.25) is 5.43 Å². The quantitative estimate of drug-likeness (QED) is 0.882. The van der Waals surface area contributed by atoms with E-state index in [1.807, 2.05) is 12.1 Å². The molecule has 2 aromatic carbocycles. The summed E-state index contributed by atoms with van der Waals surface area (Å²) >= 11 is 1.67. The van der Waals surface area contributed by atoms with Crippen molar-refractivity contribution in [2.45, 2.75) is 12.3 Å². The summed E-state index contributed by atoms with van der Waals surface area (Å²) in [5.41, 5.74) is 7.10. The summed E-state index contributed by atoms with van der Waals surface area (Å²) in [5.74, 6) is -0.324. The lowest BCUT2D eigenvalue weighted by atomic mass is 10.1. The number of hydrogen-bond donors (Lipinski definition) is 1. The number of carbonyl (C=O) groups is 1. The van der Waals surface area contributed by atoms with Crippen LogP contribution in [0.25, 0.3) is 0 Å². The highest BCUT2D eigenvalue weighted by atomic mass is 32.2. The average Bonchev–Trinajstić information content (AvgIpc) is 3.05. The molecule has 112 valence electrons. The van der Waals surface area contributed by atoms with Gasteiger partial charge in [-0.2, -0.15) is 5.10 Å². The first-order valence-corrected chi connectivity index (χ1v) is 7.80. The fraction of sp³-hybridized carbons (Fsp3) is 0.176. The fourth-order valence-electron chi connectivity index (χ4n) is 2.16. The molecule has 0 fully saturated rings. The van der Waals surface area contributed by atoms with Crippen LogP contribution in [0.1, 0.15) is 32.4 Å². The molecule has 0 spiro atoms. The summed E-state index contributed by atoms with van der Waals surface area (Å²) in [6.45, 7) is 2.07. The zero-order chi connectivity index (χ0) is 15.5. The number of rotatable bonds is 3. The third-order valence-electron chi connectivity index (χ3n) is 3.45. The Morgan fingerprint density at radius 3 is 2.45 bits per heavy atom. The molecular formula is C17H16N2O2S. The number of nitrogens with zero attached hydrogens (tertiary/aromatic N) is 1. The largest absolute Gasteiger partial charge is 0.465 e. The monoisotopic (exact) mass is 312 g/mol. The molecule has 1 aliphatic heterocycles. The van der Waals surface area contributed by atoms with Gasteiger partial charge in [0.25, 0.3) is 0 Å². The molecule has 0 saturated carbocycles. The van der Waals surface area contributed by atoms with Gasteiger partial charge in [0.15, 0.2) is 0 Å². The second kappa shape index (κ2) is 6.23. The van der Waals surface area contributed by atoms with Crippen molar-refractivity contribution >= 4 is 22.8 Å². The van der Waals surface area contributed by atoms with Crippen molar-refractivity contribution in [2.75, 3.05) is 7.11 Å². The molecule has 2 aromatic rings. The van der Waals surface area contributed by atoms with Crippen molar-refractivity contribution in [2.24, 2.45) is 5.10 Å². The number of methoxy groups -OCH3 is 1. The molecule has 22 heavy (non-hydrogen) atoms. The van der Waals surface area contributed by atoms with Crippen LogP contribution in [0.4, 0.5) is 0 Å². The second-order valence-electron chi connectivity index (χ2n) is 5.02. The van der Waals surface area contributed by atoms with Gasteiger partial charge in [0.05, 0.1) is 12.7 Å². The van der Waals surface area contributed by atoms with E-state index in [1.54, 1.807) is 23.9 Å². The minimum atomic E-state index is -0.324. The van der Waals surface area contributed by atoms with Gasteiger partial charge in [0.2, 0.25) is 0 Å². The molecule has 3 rings (SSSR count). The van der Waals surface area contributed by atoms with E-state index in [1.165, 1.54) is 12.7 Å². The lowest BCUT2D eigenvalue weighted by Gasteiger charge is -2.10. The predicted molar refractivity (Wildman–Crippen MR) is 89.0 cm³/mol. The molecular weight excluding hydrogens is 296 g/mol. The van der Waals surface area contributed by atoms with Crippen molar-refractivity contribution in [1.82, 2.24) is 5.43 Å². The number of thioether (sulfide) groups is 1. The molecule has 0 amide bonds. The Labute approximate surface area is 133 Å². The summed E-state index contributed by atoms with van der Waals surface area (Å²) in [4.78, 5) is 11.4. The molecule has 1 unspecified atom stereocenters. The Morgan fingerprint density at radius 1 is 1.14 bits per heavy atom. The predicted octanol–water partition coefficient (Wildman–Crippen LogP) is 3.48. The van der Waals surface area contributed by atoms with Crippen molar-refractivity contribution in [3.05, 3.63) is 70.8 Å². The highest BCUT2D eigenvalue weighted by molar-refractivity contribution is 8.14. The summed E-state index contributed by atoms with van der Waals surface area (Å²) in [6.07, 6.45) is 0. The summed E-state index contributed by atoms with van der Waals surface area (Å²) < 4.78 is 4.70. The minimum absolute atomic E-state index is 0.0583. The summed E-state index contributed by atoms with van der Waals surface area (Å²) in [7, 11) is 1.38. The van der Waals surface area contributed by atoms with Crippen molar-refractivity contribution < 1.29 is 9.53 Å². The van der Waals surface area contributed by atoms with Crippen LogP contribution in [0.2, 0.25) is 0 Å². The lowest BCUT2D eigenvalue weighted by molar-refractivity contribution is 0.0600. The van der Waals surface area contributed by atoms with Crippen molar-refractivity contribution in [3.8, 4) is 0 Å². The third kappa shape index (κ3) is 2.99. The SMILES string of the molecule is COC(=O)c1ccc(C2NN=C(c3ccc(C)cc3)S2)cc1. The Kier molecular flexibility index (Phi) is 4.15. The molecule has 0 aromatic heterocycles. The van der Waals surface area contributed by atoms with Crippen LogP contribution < -0.4 is 5.43 Å². The van der Waals surface area contributed by atoms with Crippen molar-refractivity contribution in [1.29, 1.82) is 0 Å². The number of hydrazone groups is 1. The summed E-state index contributed by atoms with van der Waals surface area (Å²) in [6, 6.07) is 15.7. The molecule has 1 heterocycles. The molecule has 4 nitrogen and oxygen atoms in total. The van der Waals surface area contributed by atoms with E-state index in [0.717, 1.165) is 16.2 Å². The Hall–Kier alpha value is -2.27. The number of aryl methyl sites for hydroxylation is 1. The van der Waals surface area contributed by atoms with Crippen LogP contribution in [0.15, 0.2) is 53.6 Å². The molecule has 1 N–H and O–H groups in total. The van der Waals surface area contributed by atoms with Gasteiger partial charge in [-0.15, -0.1) is 0 Å². The van der Waals surface area contributed by atoms with E-state index in [2.05, 4.69) is 41.7 Å². The van der Waals surface area contributed by atoms with E-state index in [4.69, 9.17) is 4.74 Å². The zero-order valence-corrected chi connectivity index (χ0v) is 13.2. The van der Waals surface area contributed by atoms with Gasteiger partial charge in [-0.1, -0.05) is 53.7 Å². The van der Waals surface area contributed by atoms with E-state index in [-0.39, 0.29) is 11.3 Å². The smallest absolute Gasteiger partial charge is 0.337 e. The van der Waals surface area contributed by atoms with Crippen LogP contribution in [-0.4, -0.2) is 18.1 Å². The first-order valence-electron chi connectivity index (χ1n) is 6.92. The van der Waals surface area contributed by atoms with E-state index in [0.29, 0.717) is 5.56 Å². The number of hydrogen-bond acceptors (Lipinski definition) is 5. The number of benzene rings is 2. The van der Waals surface area contributed by atoms with Gasteiger partial charge in [0, 0.05) is 5.56 Å². The first kappa shape index (κ1) is 14.7. The Bertz CT molecular complexity index is 708. The fourth-order valence-corrected chi connectivity index (χ4v) is 3.16. The van der Waals surface area contributed by atoms with Crippen LogP contribution in [-0.2, 0) is 4.74 Å². The van der Waals surface area contributed by atoms with E-state index >= 15 is 0 Å². The standard InChI is InChI=1S/C17H16N2O2S/c1-11-3-5-12(6-4-11)15-18-19-16(22-15)13-7-9-14(10-8-13)17(20)21-2/h3-10,16,19H,1-2H3. The van der Waals surface area contributed by atoms with E-state index < -0.39 is 0 Å². The zero-order valence-electron chi connectivity index (χ0n) is 12.4. The molecule has 1 atom stereocenters. The third-order valence-corrected chi connectivity index (χ3v) is 4.61. The number of carbonyl (C=O) groups excluding carboxylic acids is 1. The molecule has 1 aliphatic rings. The lowest BCUT2D eigenvalue weighted by Crippen LogP contribution is -2.07. The van der Waals surface area contributed by atoms with E-state index in [9.17, 15) is 4.79 Å². The van der Waals surface area contributed by atoms with Crippen LogP contribution >= 0.6 is 11.8 Å². The van der Waals surface area contributed by atoms with Crippen molar-refractivity contribution in [3.63, 3.8) is 0 Å². The topological polar surface area (TPSA) is 50.7 Å². The maximum Gasteiger partial charge on any atom is 0.337 e. The number of nitrogens with one attached hydrogen (secondary N) is 1. The highest BCUT2D eigenvalue weighted by Gasteiger charge is 2.22. The number of ether oxygens (including phenoxy) is 1. The highest BCUT2D eigenvalue weighted by Crippen LogP contribution is 2.34. The van der Waals surface area contributed by atoms with Gasteiger partial charge < -0.3 is 4.74 Å². The molecule has 0 bridgehead atoms. The summed E-state index contributed by atoms with van der Waals surface area (Å²) in [5, 5.41) is 5.44. The second-order valence-corrected chi connectivity index (χ2v) is 6.12.